The topological polar surface area (TPSA) is 101 Å². The van der Waals surface area contributed by atoms with Crippen LogP contribution in [0.1, 0.15) is 86.8 Å². The fourth-order valence-electron chi connectivity index (χ4n) is 4.81. The molecule has 1 aromatic carbocycles. The minimum Gasteiger partial charge on any atom is -0.508 e. The van der Waals surface area contributed by atoms with Crippen molar-refractivity contribution >= 4 is 17.5 Å². The van der Waals surface area contributed by atoms with Crippen molar-refractivity contribution in [1.29, 1.82) is 0 Å². The number of esters is 1. The van der Waals surface area contributed by atoms with Crippen LogP contribution in [0, 0.1) is 11.8 Å². The van der Waals surface area contributed by atoms with Crippen molar-refractivity contribution in [2.75, 3.05) is 0 Å². The van der Waals surface area contributed by atoms with Crippen LogP contribution >= 0.6 is 0 Å². The molecule has 0 amide bonds. The summed E-state index contributed by atoms with van der Waals surface area (Å²) in [5.74, 6) is -1.77. The number of carbonyl (C=O) groups is 3. The lowest BCUT2D eigenvalue weighted by Crippen LogP contribution is -2.53. The first-order valence-corrected chi connectivity index (χ1v) is 10.9. The molecular weight excluding hydrogens is 384 g/mol. The van der Waals surface area contributed by atoms with Crippen LogP contribution in [0.3, 0.4) is 0 Å². The van der Waals surface area contributed by atoms with E-state index in [-0.39, 0.29) is 24.5 Å². The predicted molar refractivity (Wildman–Crippen MR) is 112 cm³/mol. The van der Waals surface area contributed by atoms with E-state index in [2.05, 4.69) is 0 Å². The second kappa shape index (κ2) is 8.14. The van der Waals surface area contributed by atoms with E-state index < -0.39 is 35.2 Å². The standard InChI is InChI=1S/C24H32O6/c1-6-12(2)7-14(4)23(29)30-24(5)19(27)10-15-9-18(26)20-13(3)8-16(25)11-17(20)21(15)22(24)28/h9,12-14,16,25-26H,6-8,10-11H2,1-5H3/t12-,13-,14+,16-,24-/m1/s1. The zero-order valence-corrected chi connectivity index (χ0v) is 18.4. The predicted octanol–water partition coefficient (Wildman–Crippen LogP) is 3.48. The highest BCUT2D eigenvalue weighted by molar-refractivity contribution is 6.22. The van der Waals surface area contributed by atoms with Crippen molar-refractivity contribution in [3.8, 4) is 5.75 Å². The molecule has 2 aliphatic rings. The number of ether oxygens (including phenoxy) is 1. The van der Waals surface area contributed by atoms with E-state index in [0.29, 0.717) is 41.0 Å². The molecule has 0 aromatic heterocycles. The van der Waals surface area contributed by atoms with Crippen molar-refractivity contribution < 1.29 is 29.3 Å². The summed E-state index contributed by atoms with van der Waals surface area (Å²) in [6.07, 6.45) is 1.54. The number of phenolic OH excluding ortho intramolecular Hbond substituents is 1. The lowest BCUT2D eigenvalue weighted by molar-refractivity contribution is -0.165. The van der Waals surface area contributed by atoms with Gasteiger partial charge in [-0.2, -0.15) is 0 Å². The largest absolute Gasteiger partial charge is 0.508 e. The van der Waals surface area contributed by atoms with Crippen molar-refractivity contribution in [2.45, 2.75) is 84.3 Å². The molecule has 0 saturated heterocycles. The number of hydrogen-bond donors (Lipinski definition) is 2. The van der Waals surface area contributed by atoms with Crippen molar-refractivity contribution in [3.63, 3.8) is 0 Å². The number of ketones is 2. The maximum atomic E-state index is 13.5. The third-order valence-electron chi connectivity index (χ3n) is 6.80. The van der Waals surface area contributed by atoms with Crippen LogP contribution in [0.5, 0.6) is 5.75 Å². The van der Waals surface area contributed by atoms with E-state index in [0.717, 1.165) is 6.42 Å². The van der Waals surface area contributed by atoms with Gasteiger partial charge in [0.05, 0.1) is 12.0 Å². The van der Waals surface area contributed by atoms with Gasteiger partial charge in [-0.3, -0.25) is 14.4 Å². The van der Waals surface area contributed by atoms with Crippen LogP contribution in [-0.4, -0.2) is 39.5 Å². The first kappa shape index (κ1) is 22.5. The summed E-state index contributed by atoms with van der Waals surface area (Å²) in [4.78, 5) is 39.1. The summed E-state index contributed by atoms with van der Waals surface area (Å²) in [7, 11) is 0. The lowest BCUT2D eigenvalue weighted by Gasteiger charge is -2.36. The Hall–Kier alpha value is -2.21. The molecule has 0 heterocycles. The Morgan fingerprint density at radius 1 is 1.33 bits per heavy atom. The molecule has 3 rings (SSSR count). The molecule has 0 fully saturated rings. The van der Waals surface area contributed by atoms with Crippen molar-refractivity contribution in [3.05, 3.63) is 28.3 Å². The fourth-order valence-corrected chi connectivity index (χ4v) is 4.81. The monoisotopic (exact) mass is 416 g/mol. The minimum atomic E-state index is -1.88. The Balaban J connectivity index is 1.99. The van der Waals surface area contributed by atoms with E-state index in [1.54, 1.807) is 6.92 Å². The fraction of sp³-hybridized carbons (Fsp3) is 0.625. The highest BCUT2D eigenvalue weighted by atomic mass is 16.6. The van der Waals surface area contributed by atoms with Gasteiger partial charge in [0.25, 0.3) is 0 Å². The number of hydrogen-bond acceptors (Lipinski definition) is 6. The number of rotatable bonds is 5. The zero-order valence-electron chi connectivity index (χ0n) is 18.4. The Kier molecular flexibility index (Phi) is 6.10. The molecule has 0 bridgehead atoms. The molecule has 2 N–H and O–H groups in total. The minimum absolute atomic E-state index is 0.0477. The van der Waals surface area contributed by atoms with E-state index in [4.69, 9.17) is 4.74 Å². The molecule has 2 aliphatic carbocycles. The van der Waals surface area contributed by atoms with E-state index >= 15 is 0 Å². The van der Waals surface area contributed by atoms with Crippen LogP contribution in [0.25, 0.3) is 0 Å². The molecular formula is C24H32O6. The van der Waals surface area contributed by atoms with Gasteiger partial charge >= 0.3 is 5.97 Å². The second-order valence-corrected chi connectivity index (χ2v) is 9.35. The quantitative estimate of drug-likeness (QED) is 0.563. The van der Waals surface area contributed by atoms with Gasteiger partial charge in [0.2, 0.25) is 11.4 Å². The first-order chi connectivity index (χ1) is 14.0. The van der Waals surface area contributed by atoms with Gasteiger partial charge in [-0.25, -0.2) is 0 Å². The van der Waals surface area contributed by atoms with Gasteiger partial charge in [0, 0.05) is 17.5 Å². The molecule has 0 spiro atoms. The van der Waals surface area contributed by atoms with Crippen LogP contribution in [0.4, 0.5) is 0 Å². The average Bonchev–Trinajstić information content (AvgIpc) is 2.65. The average molecular weight is 417 g/mol. The molecule has 0 radical (unpaired) electrons. The SMILES string of the molecule is CC[C@@H](C)C[C@H](C)C(=O)O[C@]1(C)C(=O)Cc2cc(O)c3c(c2C1=O)C[C@H](O)C[C@H]3C. The molecule has 5 atom stereocenters. The number of aromatic hydroxyl groups is 1. The summed E-state index contributed by atoms with van der Waals surface area (Å²) in [6, 6.07) is 1.48. The summed E-state index contributed by atoms with van der Waals surface area (Å²) < 4.78 is 5.58. The second-order valence-electron chi connectivity index (χ2n) is 9.35. The molecule has 30 heavy (non-hydrogen) atoms. The molecule has 0 aliphatic heterocycles. The van der Waals surface area contributed by atoms with Gasteiger partial charge in [0.1, 0.15) is 5.75 Å². The van der Waals surface area contributed by atoms with Crippen LogP contribution in [0.15, 0.2) is 6.07 Å². The van der Waals surface area contributed by atoms with Crippen LogP contribution < -0.4 is 0 Å². The number of benzene rings is 1. The van der Waals surface area contributed by atoms with E-state index in [9.17, 15) is 24.6 Å². The Bertz CT molecular complexity index is 888. The molecule has 6 nitrogen and oxygen atoms in total. The third kappa shape index (κ3) is 3.78. The van der Waals surface area contributed by atoms with Gasteiger partial charge in [-0.15, -0.1) is 0 Å². The van der Waals surface area contributed by atoms with Gasteiger partial charge in [-0.1, -0.05) is 34.1 Å². The number of phenols is 1. The van der Waals surface area contributed by atoms with Crippen LogP contribution in [-0.2, 0) is 27.2 Å². The molecule has 164 valence electrons. The molecule has 1 aromatic rings. The highest BCUT2D eigenvalue weighted by Gasteiger charge is 2.51. The normalized spacial score (nSPS) is 27.8. The zero-order chi connectivity index (χ0) is 22.4. The maximum Gasteiger partial charge on any atom is 0.310 e. The Morgan fingerprint density at radius 3 is 2.63 bits per heavy atom. The lowest BCUT2D eigenvalue weighted by atomic mass is 9.71. The first-order valence-electron chi connectivity index (χ1n) is 10.9. The van der Waals surface area contributed by atoms with E-state index in [1.165, 1.54) is 13.0 Å². The van der Waals surface area contributed by atoms with Crippen LogP contribution in [0.2, 0.25) is 0 Å². The molecule has 0 saturated carbocycles. The number of aliphatic hydroxyl groups excluding tert-OH is 1. The number of aliphatic hydroxyl groups is 1. The van der Waals surface area contributed by atoms with Gasteiger partial charge in [0.15, 0.2) is 5.78 Å². The summed E-state index contributed by atoms with van der Waals surface area (Å²) in [5, 5.41) is 20.8. The highest BCUT2D eigenvalue weighted by Crippen LogP contribution is 2.44. The number of Topliss-reactive ketones (excluding diaryl/α,β-unsaturated/α-hetero) is 2. The Labute approximate surface area is 177 Å². The van der Waals surface area contributed by atoms with Crippen molar-refractivity contribution in [2.24, 2.45) is 11.8 Å². The number of carbonyl (C=O) groups excluding carboxylic acids is 3. The van der Waals surface area contributed by atoms with Gasteiger partial charge < -0.3 is 14.9 Å². The summed E-state index contributed by atoms with van der Waals surface area (Å²) in [5.41, 5.74) is 0.0790. The molecule has 6 heteroatoms. The molecule has 0 unspecified atom stereocenters. The number of fused-ring (bicyclic) bond motifs is 3. The van der Waals surface area contributed by atoms with Crippen molar-refractivity contribution in [1.82, 2.24) is 0 Å². The third-order valence-corrected chi connectivity index (χ3v) is 6.80. The van der Waals surface area contributed by atoms with E-state index in [1.807, 2.05) is 20.8 Å². The van der Waals surface area contributed by atoms with Gasteiger partial charge in [-0.05, 0) is 55.2 Å². The summed E-state index contributed by atoms with van der Waals surface area (Å²) >= 11 is 0. The Morgan fingerprint density at radius 2 is 2.00 bits per heavy atom. The maximum absolute atomic E-state index is 13.5. The summed E-state index contributed by atoms with van der Waals surface area (Å²) in [6.45, 7) is 9.10. The smallest absolute Gasteiger partial charge is 0.310 e.